The Balaban J connectivity index is 1.50. The van der Waals surface area contributed by atoms with Gasteiger partial charge in [-0.25, -0.2) is 0 Å². The van der Waals surface area contributed by atoms with E-state index in [1.807, 2.05) is 18.2 Å². The molecule has 152 valence electrons. The van der Waals surface area contributed by atoms with Gasteiger partial charge in [0.1, 0.15) is 0 Å². The van der Waals surface area contributed by atoms with Crippen LogP contribution in [-0.2, 0) is 15.2 Å². The summed E-state index contributed by atoms with van der Waals surface area (Å²) in [5.74, 6) is -0.808. The van der Waals surface area contributed by atoms with Crippen LogP contribution in [0.3, 0.4) is 0 Å². The molecule has 2 atom stereocenters. The number of piperidine rings is 2. The fourth-order valence-electron chi connectivity index (χ4n) is 5.27. The Labute approximate surface area is 170 Å². The van der Waals surface area contributed by atoms with Crippen molar-refractivity contribution < 1.29 is 14.7 Å². The van der Waals surface area contributed by atoms with Crippen LogP contribution in [0.4, 0.5) is 0 Å². The van der Waals surface area contributed by atoms with Crippen molar-refractivity contribution in [1.82, 2.24) is 15.2 Å². The molecule has 1 aliphatic carbocycles. The van der Waals surface area contributed by atoms with Crippen LogP contribution in [-0.4, -0.2) is 46.4 Å². The van der Waals surface area contributed by atoms with E-state index in [0.717, 1.165) is 60.9 Å². The molecule has 2 unspecified atom stereocenters. The van der Waals surface area contributed by atoms with Gasteiger partial charge in [-0.1, -0.05) is 13.0 Å². The van der Waals surface area contributed by atoms with Gasteiger partial charge in [0.05, 0.1) is 17.0 Å². The number of hydrogen-bond donors (Lipinski definition) is 2. The third kappa shape index (κ3) is 2.97. The van der Waals surface area contributed by atoms with Gasteiger partial charge in [0, 0.05) is 36.5 Å². The van der Waals surface area contributed by atoms with E-state index in [4.69, 9.17) is 0 Å². The Hall–Kier alpha value is -2.31. The summed E-state index contributed by atoms with van der Waals surface area (Å²) in [5, 5.41) is 15.1. The summed E-state index contributed by atoms with van der Waals surface area (Å²) in [5.41, 5.74) is 1.79. The molecule has 1 aromatic heterocycles. The Morgan fingerprint density at radius 1 is 1.24 bits per heavy atom. The van der Waals surface area contributed by atoms with Gasteiger partial charge in [-0.3, -0.25) is 19.9 Å². The van der Waals surface area contributed by atoms with Crippen molar-refractivity contribution in [2.45, 2.75) is 50.5 Å². The molecule has 2 amide bonds. The van der Waals surface area contributed by atoms with Crippen LogP contribution in [0.2, 0.25) is 0 Å². The van der Waals surface area contributed by atoms with E-state index in [9.17, 15) is 14.7 Å². The van der Waals surface area contributed by atoms with E-state index in [0.29, 0.717) is 12.8 Å². The molecule has 0 radical (unpaired) electrons. The quantitative estimate of drug-likeness (QED) is 0.783. The van der Waals surface area contributed by atoms with Crippen molar-refractivity contribution in [3.63, 3.8) is 0 Å². The molecule has 3 aliphatic rings. The topological polar surface area (TPSA) is 82.5 Å². The second-order valence-corrected chi connectivity index (χ2v) is 8.94. The fourth-order valence-corrected chi connectivity index (χ4v) is 5.27. The number of pyridine rings is 1. The van der Waals surface area contributed by atoms with Gasteiger partial charge in [-0.05, 0) is 61.6 Å². The van der Waals surface area contributed by atoms with Crippen molar-refractivity contribution in [2.75, 3.05) is 19.6 Å². The SMILES string of the molecule is CCN1CCC(O)(c2ccc3ncc(C4CCC(=O)NC4=O)cc3c2)C2(CC2)C1. The van der Waals surface area contributed by atoms with Crippen molar-refractivity contribution >= 4 is 22.7 Å². The maximum atomic E-state index is 12.3. The van der Waals surface area contributed by atoms with Gasteiger partial charge in [-0.15, -0.1) is 0 Å². The second-order valence-electron chi connectivity index (χ2n) is 8.94. The van der Waals surface area contributed by atoms with Crippen LogP contribution in [0.5, 0.6) is 0 Å². The van der Waals surface area contributed by atoms with Gasteiger partial charge in [0.2, 0.25) is 11.8 Å². The van der Waals surface area contributed by atoms with Crippen molar-refractivity contribution in [3.05, 3.63) is 41.6 Å². The molecule has 5 rings (SSSR count). The number of carbonyl (C=O) groups excluding carboxylic acids is 2. The maximum absolute atomic E-state index is 12.3. The number of amides is 2. The average molecular weight is 393 g/mol. The minimum absolute atomic E-state index is 0.0381. The molecule has 29 heavy (non-hydrogen) atoms. The van der Waals surface area contributed by atoms with E-state index in [-0.39, 0.29) is 23.1 Å². The first-order chi connectivity index (χ1) is 13.9. The zero-order valence-corrected chi connectivity index (χ0v) is 16.8. The summed E-state index contributed by atoms with van der Waals surface area (Å²) >= 11 is 0. The number of rotatable bonds is 3. The number of fused-ring (bicyclic) bond motifs is 1. The third-order valence-corrected chi connectivity index (χ3v) is 7.32. The molecule has 6 nitrogen and oxygen atoms in total. The molecule has 6 heteroatoms. The number of benzene rings is 1. The first-order valence-corrected chi connectivity index (χ1v) is 10.6. The fraction of sp³-hybridized carbons (Fsp3) is 0.522. The first-order valence-electron chi connectivity index (χ1n) is 10.6. The van der Waals surface area contributed by atoms with Gasteiger partial charge in [0.25, 0.3) is 0 Å². The lowest BCUT2D eigenvalue weighted by Gasteiger charge is -2.45. The molecule has 2 aliphatic heterocycles. The highest BCUT2D eigenvalue weighted by atomic mass is 16.3. The molecular formula is C23H27N3O3. The van der Waals surface area contributed by atoms with Crippen LogP contribution in [0.25, 0.3) is 10.9 Å². The molecule has 3 fully saturated rings. The van der Waals surface area contributed by atoms with Gasteiger partial charge in [0.15, 0.2) is 0 Å². The third-order valence-electron chi connectivity index (χ3n) is 7.32. The first kappa shape index (κ1) is 18.7. The predicted molar refractivity (Wildman–Crippen MR) is 109 cm³/mol. The summed E-state index contributed by atoms with van der Waals surface area (Å²) in [4.78, 5) is 30.7. The normalized spacial score (nSPS) is 29.2. The Morgan fingerprint density at radius 2 is 2.07 bits per heavy atom. The molecule has 2 saturated heterocycles. The van der Waals surface area contributed by atoms with E-state index >= 15 is 0 Å². The number of aromatic nitrogens is 1. The van der Waals surface area contributed by atoms with Crippen molar-refractivity contribution in [2.24, 2.45) is 5.41 Å². The Kier molecular flexibility index (Phi) is 4.26. The van der Waals surface area contributed by atoms with Crippen molar-refractivity contribution in [3.8, 4) is 0 Å². The molecule has 3 heterocycles. The number of nitrogens with one attached hydrogen (secondary N) is 1. The molecule has 2 N–H and O–H groups in total. The van der Waals surface area contributed by atoms with Crippen molar-refractivity contribution in [1.29, 1.82) is 0 Å². The van der Waals surface area contributed by atoms with Gasteiger partial charge in [-0.2, -0.15) is 0 Å². The van der Waals surface area contributed by atoms with Gasteiger partial charge >= 0.3 is 0 Å². The highest BCUT2D eigenvalue weighted by Gasteiger charge is 2.61. The Bertz CT molecular complexity index is 1000. The molecule has 1 aromatic carbocycles. The largest absolute Gasteiger partial charge is 0.384 e. The number of aliphatic hydroxyl groups is 1. The number of nitrogens with zero attached hydrogens (tertiary/aromatic N) is 2. The van der Waals surface area contributed by atoms with Crippen LogP contribution in [0.15, 0.2) is 30.5 Å². The van der Waals surface area contributed by atoms with E-state index in [2.05, 4.69) is 28.2 Å². The minimum Gasteiger partial charge on any atom is -0.384 e. The standard InChI is InChI=1S/C23H27N3O3/c1-2-26-10-9-23(29,22(14-26)7-8-22)17-3-5-19-15(12-17)11-16(13-24-19)18-4-6-20(27)25-21(18)28/h3,5,11-13,18,29H,2,4,6-10,14H2,1H3,(H,25,27,28). The van der Waals surface area contributed by atoms with Crippen LogP contribution in [0.1, 0.15) is 56.1 Å². The number of imide groups is 1. The monoisotopic (exact) mass is 393 g/mol. The zero-order chi connectivity index (χ0) is 20.2. The van der Waals surface area contributed by atoms with Crippen LogP contribution >= 0.6 is 0 Å². The molecule has 1 spiro atoms. The van der Waals surface area contributed by atoms with Crippen LogP contribution in [0, 0.1) is 5.41 Å². The number of likely N-dealkylation sites (tertiary alicyclic amines) is 1. The predicted octanol–water partition coefficient (Wildman–Crippen LogP) is 2.45. The smallest absolute Gasteiger partial charge is 0.234 e. The molecule has 0 bridgehead atoms. The summed E-state index contributed by atoms with van der Waals surface area (Å²) in [7, 11) is 0. The summed E-state index contributed by atoms with van der Waals surface area (Å²) < 4.78 is 0. The number of hydrogen-bond acceptors (Lipinski definition) is 5. The lowest BCUT2D eigenvalue weighted by atomic mass is 9.73. The minimum atomic E-state index is -0.808. The average Bonchev–Trinajstić information content (AvgIpc) is 3.50. The van der Waals surface area contributed by atoms with E-state index < -0.39 is 5.60 Å². The summed E-state index contributed by atoms with van der Waals surface area (Å²) in [6.45, 7) is 5.06. The lowest BCUT2D eigenvalue weighted by Crippen LogP contribution is -2.51. The molecule has 2 aromatic rings. The number of carbonyl (C=O) groups is 2. The highest BCUT2D eigenvalue weighted by Crippen LogP contribution is 2.62. The summed E-state index contributed by atoms with van der Waals surface area (Å²) in [6, 6.07) is 8.04. The zero-order valence-electron chi connectivity index (χ0n) is 16.8. The maximum Gasteiger partial charge on any atom is 0.234 e. The summed E-state index contributed by atoms with van der Waals surface area (Å²) in [6.07, 6.45) is 5.47. The lowest BCUT2D eigenvalue weighted by molar-refractivity contribution is -0.134. The Morgan fingerprint density at radius 3 is 2.79 bits per heavy atom. The van der Waals surface area contributed by atoms with E-state index in [1.54, 1.807) is 6.20 Å². The van der Waals surface area contributed by atoms with Gasteiger partial charge < -0.3 is 10.0 Å². The second kappa shape index (κ2) is 6.61. The molecular weight excluding hydrogens is 366 g/mol. The van der Waals surface area contributed by atoms with Crippen LogP contribution < -0.4 is 5.32 Å². The van der Waals surface area contributed by atoms with E-state index in [1.165, 1.54) is 0 Å². The highest BCUT2D eigenvalue weighted by molar-refractivity contribution is 6.01. The molecule has 1 saturated carbocycles.